The molecule has 0 bridgehead atoms. The first-order chi connectivity index (χ1) is 5.90. The van der Waals surface area contributed by atoms with Gasteiger partial charge in [-0.3, -0.25) is 0 Å². The topological polar surface area (TPSA) is 21.3 Å². The lowest BCUT2D eigenvalue weighted by atomic mass is 9.98. The average molecular weight is 200 g/mol. The van der Waals surface area contributed by atoms with Crippen LogP contribution in [0.15, 0.2) is 24.3 Å². The van der Waals surface area contributed by atoms with Crippen LogP contribution in [-0.2, 0) is 0 Å². The Bertz CT molecular complexity index is 273. The summed E-state index contributed by atoms with van der Waals surface area (Å²) in [5, 5.41) is 3.36. The predicted octanol–water partition coefficient (Wildman–Crippen LogP) is 2.15. The van der Waals surface area contributed by atoms with Gasteiger partial charge in [-0.2, -0.15) is 0 Å². The van der Waals surface area contributed by atoms with Crippen molar-refractivity contribution in [3.8, 4) is 5.75 Å². The zero-order valence-electron chi connectivity index (χ0n) is 7.62. The normalized spacial score (nSPS) is 19.9. The Balaban J connectivity index is 0.000000845. The van der Waals surface area contributed by atoms with Crippen LogP contribution in [0, 0.1) is 0 Å². The van der Waals surface area contributed by atoms with Gasteiger partial charge >= 0.3 is 0 Å². The molecule has 3 heteroatoms. The quantitative estimate of drug-likeness (QED) is 0.788. The lowest BCUT2D eigenvalue weighted by Gasteiger charge is -2.28. The van der Waals surface area contributed by atoms with Crippen LogP contribution in [-0.4, -0.2) is 13.7 Å². The molecule has 0 radical (unpaired) electrons. The zero-order chi connectivity index (χ0) is 8.39. The van der Waals surface area contributed by atoms with Crippen LogP contribution < -0.4 is 10.1 Å². The second-order valence-electron chi connectivity index (χ2n) is 3.07. The molecule has 0 unspecified atom stereocenters. The van der Waals surface area contributed by atoms with E-state index in [1.54, 1.807) is 7.11 Å². The van der Waals surface area contributed by atoms with Gasteiger partial charge in [-0.05, 0) is 30.7 Å². The lowest BCUT2D eigenvalue weighted by molar-refractivity contribution is 0.378. The summed E-state index contributed by atoms with van der Waals surface area (Å²) in [7, 11) is 1.70. The third kappa shape index (κ3) is 2.14. The molecule has 72 valence electrons. The first-order valence-corrected chi connectivity index (χ1v) is 4.27. The van der Waals surface area contributed by atoms with E-state index in [4.69, 9.17) is 4.74 Å². The molecule has 1 saturated heterocycles. The van der Waals surface area contributed by atoms with Gasteiger partial charge in [0.15, 0.2) is 0 Å². The molecule has 0 aromatic heterocycles. The third-order valence-corrected chi connectivity index (χ3v) is 2.32. The molecule has 0 saturated carbocycles. The minimum absolute atomic E-state index is 0. The molecule has 1 N–H and O–H groups in total. The van der Waals surface area contributed by atoms with Crippen LogP contribution in [0.5, 0.6) is 5.75 Å². The summed E-state index contributed by atoms with van der Waals surface area (Å²) >= 11 is 0. The maximum Gasteiger partial charge on any atom is 0.119 e. The van der Waals surface area contributed by atoms with Crippen molar-refractivity contribution >= 4 is 12.4 Å². The van der Waals surface area contributed by atoms with Crippen LogP contribution >= 0.6 is 12.4 Å². The van der Waals surface area contributed by atoms with Crippen LogP contribution in [0.2, 0.25) is 0 Å². The van der Waals surface area contributed by atoms with Gasteiger partial charge in [-0.25, -0.2) is 0 Å². The number of hydrogen-bond donors (Lipinski definition) is 1. The van der Waals surface area contributed by atoms with Crippen molar-refractivity contribution in [2.45, 2.75) is 12.5 Å². The van der Waals surface area contributed by atoms with E-state index in [9.17, 15) is 0 Å². The van der Waals surface area contributed by atoms with Crippen molar-refractivity contribution in [3.63, 3.8) is 0 Å². The van der Waals surface area contributed by atoms with Gasteiger partial charge in [-0.1, -0.05) is 12.1 Å². The van der Waals surface area contributed by atoms with Crippen molar-refractivity contribution in [1.82, 2.24) is 5.32 Å². The van der Waals surface area contributed by atoms with E-state index in [1.165, 1.54) is 12.0 Å². The lowest BCUT2D eigenvalue weighted by Crippen LogP contribution is -2.34. The van der Waals surface area contributed by atoms with E-state index in [2.05, 4.69) is 17.4 Å². The second-order valence-corrected chi connectivity index (χ2v) is 3.07. The molecule has 1 aromatic carbocycles. The van der Waals surface area contributed by atoms with E-state index in [-0.39, 0.29) is 12.4 Å². The summed E-state index contributed by atoms with van der Waals surface area (Å²) < 4.78 is 5.15. The standard InChI is InChI=1S/C10H13NO.ClH/c1-12-9-4-2-3-8(7-9)10-5-6-11-10;/h2-4,7,10-11H,5-6H2,1H3;1H/t10-;/m0./s1. The molecule has 1 aliphatic rings. The van der Waals surface area contributed by atoms with E-state index in [0.717, 1.165) is 12.3 Å². The Morgan fingerprint density at radius 1 is 1.46 bits per heavy atom. The Hall–Kier alpha value is -0.730. The Morgan fingerprint density at radius 3 is 2.77 bits per heavy atom. The van der Waals surface area contributed by atoms with E-state index in [0.29, 0.717) is 6.04 Å². The highest BCUT2D eigenvalue weighted by Crippen LogP contribution is 2.25. The molecule has 13 heavy (non-hydrogen) atoms. The highest BCUT2D eigenvalue weighted by atomic mass is 35.5. The van der Waals surface area contributed by atoms with Gasteiger partial charge in [0.25, 0.3) is 0 Å². The smallest absolute Gasteiger partial charge is 0.119 e. The van der Waals surface area contributed by atoms with Crippen molar-refractivity contribution in [3.05, 3.63) is 29.8 Å². The maximum atomic E-state index is 5.15. The monoisotopic (exact) mass is 199 g/mol. The minimum atomic E-state index is 0. The fourth-order valence-electron chi connectivity index (χ4n) is 1.43. The molecule has 1 aliphatic heterocycles. The second kappa shape index (κ2) is 4.49. The van der Waals surface area contributed by atoms with Gasteiger partial charge in [0.2, 0.25) is 0 Å². The Kier molecular flexibility index (Phi) is 3.58. The van der Waals surface area contributed by atoms with Crippen molar-refractivity contribution in [2.75, 3.05) is 13.7 Å². The molecule has 1 aromatic rings. The highest BCUT2D eigenvalue weighted by Gasteiger charge is 2.18. The first kappa shape index (κ1) is 10.4. The highest BCUT2D eigenvalue weighted by molar-refractivity contribution is 5.85. The largest absolute Gasteiger partial charge is 0.497 e. The van der Waals surface area contributed by atoms with Crippen molar-refractivity contribution < 1.29 is 4.74 Å². The Morgan fingerprint density at radius 2 is 2.23 bits per heavy atom. The molecule has 1 heterocycles. The fourth-order valence-corrected chi connectivity index (χ4v) is 1.43. The molecule has 1 fully saturated rings. The summed E-state index contributed by atoms with van der Waals surface area (Å²) in [5.41, 5.74) is 1.33. The zero-order valence-corrected chi connectivity index (χ0v) is 8.43. The predicted molar refractivity (Wildman–Crippen MR) is 55.6 cm³/mol. The van der Waals surface area contributed by atoms with Crippen LogP contribution in [0.4, 0.5) is 0 Å². The number of halogens is 1. The number of nitrogens with one attached hydrogen (secondary N) is 1. The first-order valence-electron chi connectivity index (χ1n) is 4.27. The minimum Gasteiger partial charge on any atom is -0.497 e. The van der Waals surface area contributed by atoms with Gasteiger partial charge in [0.1, 0.15) is 5.75 Å². The fraction of sp³-hybridized carbons (Fsp3) is 0.400. The van der Waals surface area contributed by atoms with Gasteiger partial charge < -0.3 is 10.1 Å². The molecule has 0 aliphatic carbocycles. The molecular formula is C10H14ClNO. The molecule has 2 nitrogen and oxygen atoms in total. The van der Waals surface area contributed by atoms with Gasteiger partial charge in [0, 0.05) is 6.04 Å². The van der Waals surface area contributed by atoms with Crippen LogP contribution in [0.25, 0.3) is 0 Å². The van der Waals surface area contributed by atoms with Crippen LogP contribution in [0.3, 0.4) is 0 Å². The summed E-state index contributed by atoms with van der Waals surface area (Å²) in [6, 6.07) is 8.80. The summed E-state index contributed by atoms with van der Waals surface area (Å²) in [6.07, 6.45) is 1.24. The molecular weight excluding hydrogens is 186 g/mol. The maximum absolute atomic E-state index is 5.15. The number of hydrogen-bond acceptors (Lipinski definition) is 2. The molecule has 0 spiro atoms. The molecule has 0 amide bonds. The van der Waals surface area contributed by atoms with Crippen LogP contribution in [0.1, 0.15) is 18.0 Å². The number of rotatable bonds is 2. The van der Waals surface area contributed by atoms with Gasteiger partial charge in [-0.15, -0.1) is 12.4 Å². The number of ether oxygens (including phenoxy) is 1. The Labute approximate surface area is 84.7 Å². The number of methoxy groups -OCH3 is 1. The van der Waals surface area contributed by atoms with Gasteiger partial charge in [0.05, 0.1) is 7.11 Å². The average Bonchev–Trinajstić information content (AvgIpc) is 2.02. The van der Waals surface area contributed by atoms with Crippen molar-refractivity contribution in [1.29, 1.82) is 0 Å². The molecule has 2 rings (SSSR count). The van der Waals surface area contributed by atoms with E-state index in [1.807, 2.05) is 12.1 Å². The number of benzene rings is 1. The van der Waals surface area contributed by atoms with Crippen molar-refractivity contribution in [2.24, 2.45) is 0 Å². The van der Waals surface area contributed by atoms with E-state index >= 15 is 0 Å². The third-order valence-electron chi connectivity index (χ3n) is 2.32. The van der Waals surface area contributed by atoms with E-state index < -0.39 is 0 Å². The summed E-state index contributed by atoms with van der Waals surface area (Å²) in [6.45, 7) is 1.14. The molecule has 1 atom stereocenters. The summed E-state index contributed by atoms with van der Waals surface area (Å²) in [5.74, 6) is 0.946. The SMILES string of the molecule is COc1cccc([C@@H]2CCN2)c1.Cl. The summed E-state index contributed by atoms with van der Waals surface area (Å²) in [4.78, 5) is 0.